The van der Waals surface area contributed by atoms with Gasteiger partial charge in [-0.15, -0.1) is 10.2 Å². The molecule has 0 atom stereocenters. The molecular formula is C24H19Cl2N5O3S. The van der Waals surface area contributed by atoms with Crippen molar-refractivity contribution in [2.24, 2.45) is 0 Å². The predicted octanol–water partition coefficient (Wildman–Crippen LogP) is 6.01. The molecule has 1 N–H and O–H groups in total. The maximum atomic E-state index is 12.6. The highest BCUT2D eigenvalue weighted by atomic mass is 35.5. The first-order chi connectivity index (χ1) is 16.8. The Hall–Kier alpha value is -3.40. The quantitative estimate of drug-likeness (QED) is 0.171. The number of halogens is 2. The van der Waals surface area contributed by atoms with E-state index in [1.807, 2.05) is 25.1 Å². The molecule has 0 aliphatic rings. The van der Waals surface area contributed by atoms with Crippen LogP contribution in [0.1, 0.15) is 27.3 Å². The average Bonchev–Trinajstić information content (AvgIpc) is 3.26. The van der Waals surface area contributed by atoms with Crippen molar-refractivity contribution in [2.75, 3.05) is 0 Å². The van der Waals surface area contributed by atoms with Crippen LogP contribution in [0.4, 0.5) is 5.69 Å². The Kier molecular flexibility index (Phi) is 7.70. The molecule has 4 aromatic rings. The largest absolute Gasteiger partial charge is 0.345 e. The van der Waals surface area contributed by atoms with Gasteiger partial charge in [0.25, 0.3) is 11.6 Å². The summed E-state index contributed by atoms with van der Waals surface area (Å²) in [5.41, 5.74) is 3.12. The van der Waals surface area contributed by atoms with Gasteiger partial charge in [0.1, 0.15) is 0 Å². The zero-order chi connectivity index (χ0) is 24.9. The number of aryl methyl sites for hydroxylation is 1. The first-order valence-corrected chi connectivity index (χ1v) is 12.2. The van der Waals surface area contributed by atoms with E-state index in [0.29, 0.717) is 32.5 Å². The number of non-ortho nitro benzene ring substituents is 1. The zero-order valence-corrected chi connectivity index (χ0v) is 20.8. The summed E-state index contributed by atoms with van der Waals surface area (Å²) in [7, 11) is 0. The monoisotopic (exact) mass is 527 g/mol. The predicted molar refractivity (Wildman–Crippen MR) is 136 cm³/mol. The number of nitro benzene ring substituents is 1. The van der Waals surface area contributed by atoms with Crippen LogP contribution < -0.4 is 5.32 Å². The Morgan fingerprint density at radius 1 is 1.09 bits per heavy atom. The molecule has 8 nitrogen and oxygen atoms in total. The summed E-state index contributed by atoms with van der Waals surface area (Å²) in [6.45, 7) is 2.10. The summed E-state index contributed by atoms with van der Waals surface area (Å²) in [5.74, 6) is 0.718. The molecule has 3 aromatic carbocycles. The van der Waals surface area contributed by atoms with Gasteiger partial charge < -0.3 is 5.32 Å². The highest BCUT2D eigenvalue weighted by Gasteiger charge is 2.19. The number of aromatic nitrogens is 3. The van der Waals surface area contributed by atoms with Crippen LogP contribution >= 0.6 is 35.0 Å². The molecule has 0 spiro atoms. The Balaban J connectivity index is 1.60. The lowest BCUT2D eigenvalue weighted by atomic mass is 10.1. The highest BCUT2D eigenvalue weighted by molar-refractivity contribution is 7.98. The second kappa shape index (κ2) is 10.9. The first kappa shape index (κ1) is 24.7. The van der Waals surface area contributed by atoms with E-state index >= 15 is 0 Å². The van der Waals surface area contributed by atoms with Gasteiger partial charge in [-0.25, -0.2) is 0 Å². The fourth-order valence-corrected chi connectivity index (χ4v) is 4.73. The normalized spacial score (nSPS) is 10.8. The molecule has 0 radical (unpaired) electrons. The second-order valence-corrected chi connectivity index (χ2v) is 9.32. The van der Waals surface area contributed by atoms with Crippen molar-refractivity contribution in [2.45, 2.75) is 24.4 Å². The van der Waals surface area contributed by atoms with Crippen molar-refractivity contribution < 1.29 is 9.72 Å². The van der Waals surface area contributed by atoms with E-state index in [1.165, 1.54) is 41.6 Å². The van der Waals surface area contributed by atoms with Crippen molar-refractivity contribution in [3.05, 3.63) is 109 Å². The minimum Gasteiger partial charge on any atom is -0.345 e. The third kappa shape index (κ3) is 5.82. The van der Waals surface area contributed by atoms with Crippen LogP contribution in [-0.2, 0) is 12.3 Å². The lowest BCUT2D eigenvalue weighted by Gasteiger charge is -2.13. The number of carbonyl (C=O) groups excluding carboxylic acids is 1. The van der Waals surface area contributed by atoms with Crippen molar-refractivity contribution in [3.8, 4) is 5.69 Å². The molecule has 1 aromatic heterocycles. The topological polar surface area (TPSA) is 103 Å². The number of thioether (sulfide) groups is 1. The Morgan fingerprint density at radius 2 is 1.83 bits per heavy atom. The number of nitrogens with one attached hydrogen (secondary N) is 1. The van der Waals surface area contributed by atoms with E-state index in [4.69, 9.17) is 23.2 Å². The van der Waals surface area contributed by atoms with Crippen LogP contribution in [-0.4, -0.2) is 25.6 Å². The molecule has 1 amide bonds. The first-order valence-electron chi connectivity index (χ1n) is 10.4. The molecule has 0 unspecified atom stereocenters. The van der Waals surface area contributed by atoms with Crippen molar-refractivity contribution in [1.29, 1.82) is 0 Å². The van der Waals surface area contributed by atoms with Gasteiger partial charge in [0, 0.05) is 28.5 Å². The molecule has 0 aliphatic carbocycles. The SMILES string of the molecule is Cc1ccccc1CSc1nnc(CNC(=O)c2ccc([N+](=O)[O-])cc2)n1-c1cc(Cl)ccc1Cl. The number of hydrogen-bond acceptors (Lipinski definition) is 6. The number of benzene rings is 3. The van der Waals surface area contributed by atoms with E-state index in [-0.39, 0.29) is 17.8 Å². The third-order valence-corrected chi connectivity index (χ3v) is 6.75. The summed E-state index contributed by atoms with van der Waals surface area (Å²) in [6.07, 6.45) is 0. The second-order valence-electron chi connectivity index (χ2n) is 7.53. The van der Waals surface area contributed by atoms with Crippen molar-refractivity contribution in [3.63, 3.8) is 0 Å². The molecule has 11 heteroatoms. The van der Waals surface area contributed by atoms with Crippen LogP contribution in [0, 0.1) is 17.0 Å². The van der Waals surface area contributed by atoms with E-state index in [0.717, 1.165) is 5.56 Å². The Labute approximate surface area is 215 Å². The lowest BCUT2D eigenvalue weighted by molar-refractivity contribution is -0.384. The van der Waals surface area contributed by atoms with E-state index in [1.54, 1.807) is 22.8 Å². The number of rotatable bonds is 8. The summed E-state index contributed by atoms with van der Waals surface area (Å²) in [4.78, 5) is 23.0. The van der Waals surface area contributed by atoms with Gasteiger partial charge in [0.15, 0.2) is 11.0 Å². The fourth-order valence-electron chi connectivity index (χ4n) is 3.32. The third-order valence-electron chi connectivity index (χ3n) is 5.21. The summed E-state index contributed by atoms with van der Waals surface area (Å²) >= 11 is 14.2. The van der Waals surface area contributed by atoms with Crippen molar-refractivity contribution >= 4 is 46.6 Å². The van der Waals surface area contributed by atoms with Crippen LogP contribution in [0.25, 0.3) is 5.69 Å². The standard InChI is InChI=1S/C24H19Cl2N5O3S/c1-15-4-2-3-5-17(15)14-35-24-29-28-22(30(24)21-12-18(25)8-11-20(21)26)13-27-23(32)16-6-9-19(10-7-16)31(33)34/h2-12H,13-14H2,1H3,(H,27,32). The van der Waals surface area contributed by atoms with Gasteiger partial charge in [-0.3, -0.25) is 19.5 Å². The smallest absolute Gasteiger partial charge is 0.269 e. The molecule has 0 aliphatic heterocycles. The molecular weight excluding hydrogens is 509 g/mol. The maximum Gasteiger partial charge on any atom is 0.269 e. The number of nitro groups is 1. The minimum absolute atomic E-state index is 0.0522. The molecule has 0 saturated carbocycles. The van der Waals surface area contributed by atoms with Gasteiger partial charge in [-0.2, -0.15) is 0 Å². The van der Waals surface area contributed by atoms with Crippen LogP contribution in [0.3, 0.4) is 0 Å². The number of carbonyl (C=O) groups is 1. The number of nitrogens with zero attached hydrogens (tertiary/aromatic N) is 4. The van der Waals surface area contributed by atoms with Gasteiger partial charge in [-0.05, 0) is 48.4 Å². The minimum atomic E-state index is -0.519. The van der Waals surface area contributed by atoms with E-state index < -0.39 is 10.8 Å². The van der Waals surface area contributed by atoms with Gasteiger partial charge in [-0.1, -0.05) is 59.2 Å². The molecule has 0 saturated heterocycles. The highest BCUT2D eigenvalue weighted by Crippen LogP contribution is 2.31. The molecule has 178 valence electrons. The molecule has 1 heterocycles. The fraction of sp³-hybridized carbons (Fsp3) is 0.125. The van der Waals surface area contributed by atoms with Gasteiger partial charge in [0.2, 0.25) is 0 Å². The average molecular weight is 528 g/mol. The van der Waals surface area contributed by atoms with Crippen LogP contribution in [0.5, 0.6) is 0 Å². The molecule has 4 rings (SSSR count). The number of amides is 1. The molecule has 0 fully saturated rings. The lowest BCUT2D eigenvalue weighted by Crippen LogP contribution is -2.24. The molecule has 0 bridgehead atoms. The molecule has 35 heavy (non-hydrogen) atoms. The van der Waals surface area contributed by atoms with Crippen LogP contribution in [0.15, 0.2) is 71.9 Å². The summed E-state index contributed by atoms with van der Waals surface area (Å²) in [6, 6.07) is 18.5. The van der Waals surface area contributed by atoms with Crippen molar-refractivity contribution in [1.82, 2.24) is 20.1 Å². The van der Waals surface area contributed by atoms with E-state index in [2.05, 4.69) is 21.6 Å². The summed E-state index contributed by atoms with van der Waals surface area (Å²) in [5, 5.41) is 23.8. The maximum absolute atomic E-state index is 12.6. The Bertz CT molecular complexity index is 1390. The number of hydrogen-bond donors (Lipinski definition) is 1. The van der Waals surface area contributed by atoms with Gasteiger partial charge >= 0.3 is 0 Å². The summed E-state index contributed by atoms with van der Waals surface area (Å²) < 4.78 is 1.77. The van der Waals surface area contributed by atoms with Crippen LogP contribution in [0.2, 0.25) is 10.0 Å². The zero-order valence-electron chi connectivity index (χ0n) is 18.4. The Morgan fingerprint density at radius 3 is 2.54 bits per heavy atom. The van der Waals surface area contributed by atoms with E-state index in [9.17, 15) is 14.9 Å². The van der Waals surface area contributed by atoms with Gasteiger partial charge in [0.05, 0.1) is 22.2 Å².